The molecule has 0 fully saturated rings. The van der Waals surface area contributed by atoms with Crippen LogP contribution in [0.1, 0.15) is 24.5 Å². The van der Waals surface area contributed by atoms with E-state index in [1.54, 1.807) is 6.26 Å². The predicted octanol–water partition coefficient (Wildman–Crippen LogP) is 4.66. The lowest BCUT2D eigenvalue weighted by Gasteiger charge is -2.07. The van der Waals surface area contributed by atoms with Crippen LogP contribution in [0.4, 0.5) is 0 Å². The molecule has 0 heterocycles. The SMILES string of the molecule is CCCOC=Cc1cccc(OCc2ccccc2)c1. The van der Waals surface area contributed by atoms with E-state index in [9.17, 15) is 0 Å². The molecule has 2 aromatic carbocycles. The molecule has 0 aliphatic carbocycles. The zero-order valence-corrected chi connectivity index (χ0v) is 11.8. The molecule has 104 valence electrons. The molecule has 0 radical (unpaired) electrons. The van der Waals surface area contributed by atoms with Crippen LogP contribution in [0, 0.1) is 0 Å². The largest absolute Gasteiger partial charge is 0.501 e. The Morgan fingerprint density at radius 1 is 1.00 bits per heavy atom. The molecule has 0 amide bonds. The van der Waals surface area contributed by atoms with Crippen molar-refractivity contribution < 1.29 is 9.47 Å². The van der Waals surface area contributed by atoms with Crippen LogP contribution in [0.3, 0.4) is 0 Å². The average Bonchev–Trinajstić information content (AvgIpc) is 2.51. The summed E-state index contributed by atoms with van der Waals surface area (Å²) in [5.74, 6) is 0.867. The minimum absolute atomic E-state index is 0.584. The van der Waals surface area contributed by atoms with Crippen molar-refractivity contribution in [1.82, 2.24) is 0 Å². The van der Waals surface area contributed by atoms with Crippen molar-refractivity contribution in [2.45, 2.75) is 20.0 Å². The molecule has 2 nitrogen and oxygen atoms in total. The van der Waals surface area contributed by atoms with Gasteiger partial charge in [-0.15, -0.1) is 0 Å². The minimum Gasteiger partial charge on any atom is -0.501 e. The highest BCUT2D eigenvalue weighted by atomic mass is 16.5. The smallest absolute Gasteiger partial charge is 0.120 e. The van der Waals surface area contributed by atoms with Crippen LogP contribution < -0.4 is 4.74 Å². The molecule has 0 atom stereocenters. The van der Waals surface area contributed by atoms with Gasteiger partial charge in [-0.1, -0.05) is 49.4 Å². The number of ether oxygens (including phenoxy) is 2. The maximum absolute atomic E-state index is 5.79. The fourth-order valence-electron chi connectivity index (χ4n) is 1.76. The molecular formula is C18H20O2. The van der Waals surface area contributed by atoms with Crippen molar-refractivity contribution >= 4 is 6.08 Å². The first-order valence-corrected chi connectivity index (χ1v) is 6.93. The van der Waals surface area contributed by atoms with Gasteiger partial charge < -0.3 is 9.47 Å². The first-order valence-electron chi connectivity index (χ1n) is 6.93. The summed E-state index contributed by atoms with van der Waals surface area (Å²) >= 11 is 0. The molecule has 0 aliphatic heterocycles. The van der Waals surface area contributed by atoms with E-state index >= 15 is 0 Å². The molecular weight excluding hydrogens is 248 g/mol. The Balaban J connectivity index is 1.90. The van der Waals surface area contributed by atoms with Gasteiger partial charge in [-0.2, -0.15) is 0 Å². The lowest BCUT2D eigenvalue weighted by Crippen LogP contribution is -1.94. The van der Waals surface area contributed by atoms with E-state index < -0.39 is 0 Å². The van der Waals surface area contributed by atoms with Crippen LogP contribution in [-0.4, -0.2) is 6.61 Å². The van der Waals surface area contributed by atoms with Gasteiger partial charge in [0.1, 0.15) is 12.4 Å². The Morgan fingerprint density at radius 2 is 1.85 bits per heavy atom. The second-order valence-electron chi connectivity index (χ2n) is 4.52. The van der Waals surface area contributed by atoms with Gasteiger partial charge in [-0.25, -0.2) is 0 Å². The van der Waals surface area contributed by atoms with E-state index in [1.807, 2.05) is 48.5 Å². The van der Waals surface area contributed by atoms with Gasteiger partial charge in [0.25, 0.3) is 0 Å². The Labute approximate surface area is 120 Å². The number of benzene rings is 2. The Morgan fingerprint density at radius 3 is 2.65 bits per heavy atom. The minimum atomic E-state index is 0.584. The van der Waals surface area contributed by atoms with Crippen molar-refractivity contribution in [1.29, 1.82) is 0 Å². The first-order chi connectivity index (χ1) is 9.88. The summed E-state index contributed by atoms with van der Waals surface area (Å²) in [6.07, 6.45) is 4.70. The van der Waals surface area contributed by atoms with E-state index in [-0.39, 0.29) is 0 Å². The zero-order valence-electron chi connectivity index (χ0n) is 11.8. The van der Waals surface area contributed by atoms with E-state index in [2.05, 4.69) is 19.1 Å². The van der Waals surface area contributed by atoms with Gasteiger partial charge in [0.15, 0.2) is 0 Å². The summed E-state index contributed by atoms with van der Waals surface area (Å²) in [5, 5.41) is 0. The molecule has 0 bridgehead atoms. The summed E-state index contributed by atoms with van der Waals surface area (Å²) in [7, 11) is 0. The molecule has 0 saturated carbocycles. The molecule has 0 unspecified atom stereocenters. The van der Waals surface area contributed by atoms with E-state index in [1.165, 1.54) is 5.56 Å². The van der Waals surface area contributed by atoms with Crippen molar-refractivity contribution in [3.05, 3.63) is 72.0 Å². The topological polar surface area (TPSA) is 18.5 Å². The Bertz CT molecular complexity index is 532. The van der Waals surface area contributed by atoms with Gasteiger partial charge in [0.05, 0.1) is 12.9 Å². The van der Waals surface area contributed by atoms with E-state index in [0.29, 0.717) is 6.61 Å². The maximum atomic E-state index is 5.79. The fraction of sp³-hybridized carbons (Fsp3) is 0.222. The Hall–Kier alpha value is -2.22. The van der Waals surface area contributed by atoms with Crippen molar-refractivity contribution in [2.24, 2.45) is 0 Å². The molecule has 2 aromatic rings. The third-order valence-corrected chi connectivity index (χ3v) is 2.79. The predicted molar refractivity (Wildman–Crippen MR) is 82.5 cm³/mol. The third-order valence-electron chi connectivity index (χ3n) is 2.79. The number of hydrogen-bond acceptors (Lipinski definition) is 2. The third kappa shape index (κ3) is 4.81. The second kappa shape index (κ2) is 8.05. The lowest BCUT2D eigenvalue weighted by atomic mass is 10.2. The fourth-order valence-corrected chi connectivity index (χ4v) is 1.76. The summed E-state index contributed by atoms with van der Waals surface area (Å²) in [6.45, 7) is 3.42. The van der Waals surface area contributed by atoms with Crippen LogP contribution >= 0.6 is 0 Å². The van der Waals surface area contributed by atoms with Gasteiger partial charge in [0, 0.05) is 0 Å². The summed E-state index contributed by atoms with van der Waals surface area (Å²) in [5.41, 5.74) is 2.24. The quantitative estimate of drug-likeness (QED) is 0.537. The monoisotopic (exact) mass is 268 g/mol. The van der Waals surface area contributed by atoms with Crippen molar-refractivity contribution in [3.8, 4) is 5.75 Å². The Kier molecular flexibility index (Phi) is 5.71. The normalized spacial score (nSPS) is 10.7. The summed E-state index contributed by atoms with van der Waals surface area (Å²) < 4.78 is 11.1. The standard InChI is InChI=1S/C18H20O2/c1-2-12-19-13-11-16-9-6-10-18(14-16)20-15-17-7-4-3-5-8-17/h3-11,13-14H,2,12,15H2,1H3. The van der Waals surface area contributed by atoms with Gasteiger partial charge >= 0.3 is 0 Å². The van der Waals surface area contributed by atoms with Gasteiger partial charge in [0.2, 0.25) is 0 Å². The van der Waals surface area contributed by atoms with Crippen molar-refractivity contribution in [2.75, 3.05) is 6.61 Å². The molecule has 0 N–H and O–H groups in total. The summed E-state index contributed by atoms with van der Waals surface area (Å²) in [6, 6.07) is 18.1. The second-order valence-corrected chi connectivity index (χ2v) is 4.52. The maximum Gasteiger partial charge on any atom is 0.120 e. The van der Waals surface area contributed by atoms with Gasteiger partial charge in [-0.05, 0) is 35.8 Å². The van der Waals surface area contributed by atoms with Crippen molar-refractivity contribution in [3.63, 3.8) is 0 Å². The molecule has 0 aliphatic rings. The van der Waals surface area contributed by atoms with Crippen LogP contribution in [0.15, 0.2) is 60.9 Å². The van der Waals surface area contributed by atoms with Crippen LogP contribution in [0.25, 0.3) is 6.08 Å². The number of rotatable bonds is 7. The highest BCUT2D eigenvalue weighted by Gasteiger charge is 1.96. The van der Waals surface area contributed by atoms with Crippen LogP contribution in [0.5, 0.6) is 5.75 Å². The van der Waals surface area contributed by atoms with Gasteiger partial charge in [-0.3, -0.25) is 0 Å². The molecule has 2 rings (SSSR count). The summed E-state index contributed by atoms with van der Waals surface area (Å²) in [4.78, 5) is 0. The first kappa shape index (κ1) is 14.2. The zero-order chi connectivity index (χ0) is 14.0. The van der Waals surface area contributed by atoms with Crippen LogP contribution in [0.2, 0.25) is 0 Å². The van der Waals surface area contributed by atoms with Crippen LogP contribution in [-0.2, 0) is 11.3 Å². The lowest BCUT2D eigenvalue weighted by molar-refractivity contribution is 0.252. The van der Waals surface area contributed by atoms with E-state index in [4.69, 9.17) is 9.47 Å². The highest BCUT2D eigenvalue weighted by Crippen LogP contribution is 2.16. The van der Waals surface area contributed by atoms with E-state index in [0.717, 1.165) is 24.3 Å². The molecule has 0 aromatic heterocycles. The number of hydrogen-bond donors (Lipinski definition) is 0. The molecule has 20 heavy (non-hydrogen) atoms. The molecule has 0 spiro atoms. The molecule has 2 heteroatoms. The highest BCUT2D eigenvalue weighted by molar-refractivity contribution is 5.50. The average molecular weight is 268 g/mol. The molecule has 0 saturated heterocycles.